The number of carbonyl (C=O) groups is 2. The van der Waals surface area contributed by atoms with Gasteiger partial charge >= 0.3 is 5.63 Å². The maximum atomic E-state index is 12.8. The fourth-order valence-corrected chi connectivity index (χ4v) is 4.13. The van der Waals surface area contributed by atoms with Gasteiger partial charge in [0.05, 0.1) is 12.0 Å². The summed E-state index contributed by atoms with van der Waals surface area (Å²) in [5.74, 6) is -1.69. The van der Waals surface area contributed by atoms with Gasteiger partial charge in [0, 0.05) is 22.9 Å². The largest absolute Gasteiger partial charge is 0.548 e. The highest BCUT2D eigenvalue weighted by Gasteiger charge is 2.23. The minimum absolute atomic E-state index is 0.355. The lowest BCUT2D eigenvalue weighted by Crippen LogP contribution is -2.45. The van der Waals surface area contributed by atoms with Gasteiger partial charge in [-0.3, -0.25) is 4.79 Å². The number of amides is 1. The topological polar surface area (TPSA) is 109 Å². The van der Waals surface area contributed by atoms with E-state index in [0.717, 1.165) is 16.5 Å². The van der Waals surface area contributed by atoms with E-state index in [0.29, 0.717) is 34.4 Å². The van der Waals surface area contributed by atoms with Crippen molar-refractivity contribution in [2.45, 2.75) is 39.3 Å². The number of aliphatic carboxylic acids is 1. The molecule has 0 radical (unpaired) electrons. The molecule has 4 rings (SSSR count). The van der Waals surface area contributed by atoms with E-state index < -0.39 is 29.6 Å². The molecule has 1 amide bonds. The van der Waals surface area contributed by atoms with Crippen LogP contribution in [-0.2, 0) is 16.0 Å². The SMILES string of the molecule is Cc1c(Cc2ccccc2)c(=O)oc2c(C)c(O[C@H](C)C(=O)N[C@H](C(=O)[O-])c3ccccc3)ccc12. The second-order valence-corrected chi connectivity index (χ2v) is 8.65. The summed E-state index contributed by atoms with van der Waals surface area (Å²) in [6.45, 7) is 5.15. The number of ether oxygens (including phenoxy) is 1. The Hall–Kier alpha value is -4.39. The normalized spacial score (nSPS) is 12.6. The first-order valence-electron chi connectivity index (χ1n) is 11.6. The molecule has 1 heterocycles. The van der Waals surface area contributed by atoms with Crippen LogP contribution in [-0.4, -0.2) is 18.0 Å². The summed E-state index contributed by atoms with van der Waals surface area (Å²) in [6, 6.07) is 20.2. The van der Waals surface area contributed by atoms with E-state index in [2.05, 4.69) is 5.32 Å². The molecule has 1 N–H and O–H groups in total. The minimum Gasteiger partial charge on any atom is -0.548 e. The Balaban J connectivity index is 1.57. The number of hydrogen-bond donors (Lipinski definition) is 1. The van der Waals surface area contributed by atoms with E-state index in [1.54, 1.807) is 49.4 Å². The van der Waals surface area contributed by atoms with Crippen molar-refractivity contribution < 1.29 is 23.8 Å². The number of rotatable bonds is 8. The standard InChI is InChI=1S/C29H27NO6/c1-17-22-14-15-24(18(2)26(22)36-29(34)23(17)16-20-10-6-4-7-11-20)35-19(3)27(31)30-25(28(32)33)21-12-8-5-9-13-21/h4-15,19,25H,16H2,1-3H3,(H,30,31)(H,32,33)/p-1/t19-,25+/m1/s1. The predicted molar refractivity (Wildman–Crippen MR) is 134 cm³/mol. The Morgan fingerprint density at radius 1 is 0.944 bits per heavy atom. The van der Waals surface area contributed by atoms with Gasteiger partial charge in [-0.25, -0.2) is 4.79 Å². The molecule has 184 valence electrons. The summed E-state index contributed by atoms with van der Waals surface area (Å²) < 4.78 is 11.5. The summed E-state index contributed by atoms with van der Waals surface area (Å²) in [5, 5.41) is 14.9. The van der Waals surface area contributed by atoms with E-state index in [9.17, 15) is 19.5 Å². The molecule has 0 saturated heterocycles. The quantitative estimate of drug-likeness (QED) is 0.384. The van der Waals surface area contributed by atoms with Gasteiger partial charge in [-0.15, -0.1) is 0 Å². The van der Waals surface area contributed by atoms with E-state index in [-0.39, 0.29) is 0 Å². The van der Waals surface area contributed by atoms with Crippen molar-refractivity contribution in [3.8, 4) is 5.75 Å². The number of carbonyl (C=O) groups excluding carboxylic acids is 2. The zero-order valence-corrected chi connectivity index (χ0v) is 20.2. The lowest BCUT2D eigenvalue weighted by atomic mass is 9.98. The van der Waals surface area contributed by atoms with Gasteiger partial charge in [0.1, 0.15) is 11.3 Å². The molecule has 0 bridgehead atoms. The molecule has 0 saturated carbocycles. The molecule has 1 aromatic heterocycles. The molecule has 0 aliphatic rings. The summed E-state index contributed by atoms with van der Waals surface area (Å²) in [5.41, 5.74) is 3.34. The second kappa shape index (κ2) is 10.5. The number of carboxylic acid groups (broad SMARTS) is 1. The first kappa shape index (κ1) is 24.7. The predicted octanol–water partition coefficient (Wildman–Crippen LogP) is 3.38. The van der Waals surface area contributed by atoms with Crippen molar-refractivity contribution in [2.75, 3.05) is 0 Å². The van der Waals surface area contributed by atoms with Crippen LogP contribution in [0.4, 0.5) is 0 Å². The lowest BCUT2D eigenvalue weighted by molar-refractivity contribution is -0.308. The zero-order chi connectivity index (χ0) is 25.8. The molecule has 0 fully saturated rings. The molecule has 0 aliphatic carbocycles. The van der Waals surface area contributed by atoms with Gasteiger partial charge in [0.25, 0.3) is 5.91 Å². The van der Waals surface area contributed by atoms with Crippen LogP contribution in [0.1, 0.15) is 40.8 Å². The van der Waals surface area contributed by atoms with Crippen LogP contribution >= 0.6 is 0 Å². The molecular weight excluding hydrogens is 458 g/mol. The van der Waals surface area contributed by atoms with Crippen LogP contribution in [0.5, 0.6) is 5.75 Å². The first-order chi connectivity index (χ1) is 17.3. The highest BCUT2D eigenvalue weighted by molar-refractivity contribution is 5.88. The van der Waals surface area contributed by atoms with Crippen LogP contribution in [0.15, 0.2) is 82.0 Å². The van der Waals surface area contributed by atoms with Gasteiger partial charge in [-0.1, -0.05) is 60.7 Å². The molecular formula is C29H26NO6-. The number of benzene rings is 3. The molecule has 0 aliphatic heterocycles. The Kier molecular flexibility index (Phi) is 7.20. The second-order valence-electron chi connectivity index (χ2n) is 8.65. The highest BCUT2D eigenvalue weighted by Crippen LogP contribution is 2.30. The molecule has 0 spiro atoms. The number of fused-ring (bicyclic) bond motifs is 1. The van der Waals surface area contributed by atoms with Crippen molar-refractivity contribution in [1.29, 1.82) is 0 Å². The van der Waals surface area contributed by atoms with Gasteiger partial charge in [0.2, 0.25) is 0 Å². The van der Waals surface area contributed by atoms with Crippen LogP contribution in [0.3, 0.4) is 0 Å². The molecule has 4 aromatic rings. The van der Waals surface area contributed by atoms with E-state index in [1.807, 2.05) is 37.3 Å². The third-order valence-electron chi connectivity index (χ3n) is 6.21. The average molecular weight is 485 g/mol. The fourth-order valence-electron chi connectivity index (χ4n) is 4.13. The number of carboxylic acids is 1. The molecule has 2 atom stereocenters. The van der Waals surface area contributed by atoms with Crippen LogP contribution in [0.2, 0.25) is 0 Å². The van der Waals surface area contributed by atoms with Crippen molar-refractivity contribution in [2.24, 2.45) is 0 Å². The van der Waals surface area contributed by atoms with Crippen LogP contribution < -0.4 is 20.8 Å². The molecule has 0 unspecified atom stereocenters. The Morgan fingerprint density at radius 3 is 2.22 bits per heavy atom. The average Bonchev–Trinajstić information content (AvgIpc) is 2.87. The van der Waals surface area contributed by atoms with E-state index in [4.69, 9.17) is 9.15 Å². The Bertz CT molecular complexity index is 1460. The monoisotopic (exact) mass is 484 g/mol. The van der Waals surface area contributed by atoms with Crippen molar-refractivity contribution in [1.82, 2.24) is 5.32 Å². The van der Waals surface area contributed by atoms with E-state index >= 15 is 0 Å². The van der Waals surface area contributed by atoms with Crippen LogP contribution in [0.25, 0.3) is 11.0 Å². The van der Waals surface area contributed by atoms with Gasteiger partial charge in [-0.2, -0.15) is 0 Å². The van der Waals surface area contributed by atoms with Crippen molar-refractivity contribution >= 4 is 22.8 Å². The van der Waals surface area contributed by atoms with E-state index in [1.165, 1.54) is 6.92 Å². The molecule has 3 aromatic carbocycles. The van der Waals surface area contributed by atoms with Gasteiger partial charge < -0.3 is 24.4 Å². The lowest BCUT2D eigenvalue weighted by Gasteiger charge is -2.23. The minimum atomic E-state index is -1.42. The number of hydrogen-bond acceptors (Lipinski definition) is 6. The summed E-state index contributed by atoms with van der Waals surface area (Å²) in [6.07, 6.45) is -0.558. The third-order valence-corrected chi connectivity index (χ3v) is 6.21. The van der Waals surface area contributed by atoms with Crippen LogP contribution in [0, 0.1) is 13.8 Å². The van der Waals surface area contributed by atoms with Gasteiger partial charge in [0.15, 0.2) is 6.10 Å². The summed E-state index contributed by atoms with van der Waals surface area (Å²) in [4.78, 5) is 37.2. The summed E-state index contributed by atoms with van der Waals surface area (Å²) >= 11 is 0. The maximum Gasteiger partial charge on any atom is 0.340 e. The van der Waals surface area contributed by atoms with Crippen molar-refractivity contribution in [3.63, 3.8) is 0 Å². The third kappa shape index (κ3) is 5.15. The maximum absolute atomic E-state index is 12.8. The molecule has 7 nitrogen and oxygen atoms in total. The number of aryl methyl sites for hydroxylation is 2. The Morgan fingerprint density at radius 2 is 1.58 bits per heavy atom. The van der Waals surface area contributed by atoms with Crippen molar-refractivity contribution in [3.05, 3.63) is 111 Å². The highest BCUT2D eigenvalue weighted by atomic mass is 16.5. The Labute approximate surface area is 208 Å². The fraction of sp³-hybridized carbons (Fsp3) is 0.207. The zero-order valence-electron chi connectivity index (χ0n) is 20.2. The number of nitrogens with one attached hydrogen (secondary N) is 1. The summed E-state index contributed by atoms with van der Waals surface area (Å²) in [7, 11) is 0. The smallest absolute Gasteiger partial charge is 0.340 e. The van der Waals surface area contributed by atoms with Gasteiger partial charge in [-0.05, 0) is 49.6 Å². The first-order valence-corrected chi connectivity index (χ1v) is 11.6. The molecule has 36 heavy (non-hydrogen) atoms. The molecule has 7 heteroatoms.